The highest BCUT2D eigenvalue weighted by atomic mass is 35.5. The molecule has 0 radical (unpaired) electrons. The van der Waals surface area contributed by atoms with Gasteiger partial charge in [0.2, 0.25) is 5.91 Å². The molecule has 21 heavy (non-hydrogen) atoms. The van der Waals surface area contributed by atoms with Crippen LogP contribution in [0, 0.1) is 17.0 Å². The monoisotopic (exact) mass is 318 g/mol. The number of carbonyl (C=O) groups excluding carboxylic acids is 1. The number of benzene rings is 1. The molecule has 1 aliphatic rings. The lowest BCUT2D eigenvalue weighted by atomic mass is 9.81. The average Bonchev–Trinajstić information content (AvgIpc) is 2.41. The van der Waals surface area contributed by atoms with Gasteiger partial charge >= 0.3 is 0 Å². The number of hydrogen-bond donors (Lipinski definition) is 2. The van der Waals surface area contributed by atoms with Crippen molar-refractivity contribution in [1.29, 1.82) is 0 Å². The van der Waals surface area contributed by atoms with E-state index in [2.05, 4.69) is 17.6 Å². The van der Waals surface area contributed by atoms with Crippen molar-refractivity contribution in [3.63, 3.8) is 0 Å². The minimum atomic E-state index is -0.673. The van der Waals surface area contributed by atoms with Gasteiger partial charge in [0.1, 0.15) is 11.6 Å². The maximum absolute atomic E-state index is 13.5. The molecule has 0 atom stereocenters. The van der Waals surface area contributed by atoms with Gasteiger partial charge in [-0.1, -0.05) is 13.0 Å². The van der Waals surface area contributed by atoms with Crippen LogP contribution in [0.5, 0.6) is 0 Å². The predicted molar refractivity (Wildman–Crippen MR) is 80.5 cm³/mol. The van der Waals surface area contributed by atoms with Crippen molar-refractivity contribution in [3.8, 4) is 0 Å². The molecule has 1 heterocycles. The Labute approximate surface area is 129 Å². The van der Waals surface area contributed by atoms with Gasteiger partial charge in [-0.15, -0.1) is 12.4 Å². The molecule has 0 unspecified atom stereocenters. The summed E-state index contributed by atoms with van der Waals surface area (Å²) in [6.07, 6.45) is 1.97. The van der Waals surface area contributed by atoms with Crippen LogP contribution >= 0.6 is 12.4 Å². The normalized spacial score (nSPS) is 16.9. The largest absolute Gasteiger partial charge is 0.355 e. The molecule has 1 amide bonds. The summed E-state index contributed by atoms with van der Waals surface area (Å²) in [6.45, 7) is 4.65. The van der Waals surface area contributed by atoms with Crippen molar-refractivity contribution in [2.75, 3.05) is 19.6 Å². The first-order valence-electron chi connectivity index (χ1n) is 6.90. The fourth-order valence-electron chi connectivity index (χ4n) is 2.42. The third-order valence-electron chi connectivity index (χ3n) is 3.89. The molecule has 0 aromatic heterocycles. The van der Waals surface area contributed by atoms with Crippen molar-refractivity contribution in [1.82, 2.24) is 10.6 Å². The van der Waals surface area contributed by atoms with E-state index < -0.39 is 11.6 Å². The Morgan fingerprint density at radius 3 is 2.62 bits per heavy atom. The summed E-state index contributed by atoms with van der Waals surface area (Å²) in [5, 5.41) is 6.14. The summed E-state index contributed by atoms with van der Waals surface area (Å²) in [7, 11) is 0. The molecule has 0 saturated carbocycles. The molecule has 118 valence electrons. The molecule has 1 fully saturated rings. The maximum Gasteiger partial charge on any atom is 0.224 e. The van der Waals surface area contributed by atoms with Gasteiger partial charge in [-0.3, -0.25) is 4.79 Å². The zero-order valence-electron chi connectivity index (χ0n) is 12.0. The smallest absolute Gasteiger partial charge is 0.224 e. The highest BCUT2D eigenvalue weighted by molar-refractivity contribution is 5.85. The Balaban J connectivity index is 0.00000220. The molecule has 2 rings (SSSR count). The molecular weight excluding hydrogens is 298 g/mol. The molecule has 1 aromatic carbocycles. The molecule has 3 nitrogen and oxygen atoms in total. The second kappa shape index (κ2) is 7.71. The molecular formula is C15H21ClF2N2O. The lowest BCUT2D eigenvalue weighted by Gasteiger charge is -2.34. The maximum atomic E-state index is 13.5. The molecule has 0 bridgehead atoms. The van der Waals surface area contributed by atoms with E-state index in [-0.39, 0.29) is 35.7 Å². The zero-order valence-corrected chi connectivity index (χ0v) is 12.9. The Morgan fingerprint density at radius 2 is 2.00 bits per heavy atom. The summed E-state index contributed by atoms with van der Waals surface area (Å²) in [6, 6.07) is 3.28. The quantitative estimate of drug-likeness (QED) is 0.895. The lowest BCUT2D eigenvalue weighted by molar-refractivity contribution is -0.121. The highest BCUT2D eigenvalue weighted by Crippen LogP contribution is 2.26. The fourth-order valence-corrected chi connectivity index (χ4v) is 2.42. The summed E-state index contributed by atoms with van der Waals surface area (Å²) >= 11 is 0. The number of hydrogen-bond acceptors (Lipinski definition) is 2. The van der Waals surface area contributed by atoms with E-state index in [0.29, 0.717) is 6.54 Å². The first-order chi connectivity index (χ1) is 9.48. The molecule has 1 aliphatic heterocycles. The number of carbonyl (C=O) groups is 1. The van der Waals surface area contributed by atoms with Gasteiger partial charge in [0.15, 0.2) is 0 Å². The molecule has 1 saturated heterocycles. The molecule has 1 aromatic rings. The van der Waals surface area contributed by atoms with Crippen molar-refractivity contribution in [2.24, 2.45) is 5.41 Å². The van der Waals surface area contributed by atoms with E-state index in [0.717, 1.165) is 32.0 Å². The van der Waals surface area contributed by atoms with Crippen molar-refractivity contribution >= 4 is 18.3 Å². The fraction of sp³-hybridized carbons (Fsp3) is 0.533. The van der Waals surface area contributed by atoms with E-state index in [1.54, 1.807) is 0 Å². The van der Waals surface area contributed by atoms with Gasteiger partial charge < -0.3 is 10.6 Å². The average molecular weight is 319 g/mol. The van der Waals surface area contributed by atoms with E-state index in [9.17, 15) is 13.6 Å². The molecule has 2 N–H and O–H groups in total. The second-order valence-electron chi connectivity index (χ2n) is 5.75. The van der Waals surface area contributed by atoms with Crippen LogP contribution in [0.15, 0.2) is 18.2 Å². The molecule has 0 aliphatic carbocycles. The van der Waals surface area contributed by atoms with Crippen LogP contribution in [-0.2, 0) is 11.2 Å². The first kappa shape index (κ1) is 17.9. The van der Waals surface area contributed by atoms with Crippen LogP contribution in [-0.4, -0.2) is 25.5 Å². The van der Waals surface area contributed by atoms with E-state index in [1.165, 1.54) is 12.1 Å². The minimum absolute atomic E-state index is 0. The number of nitrogens with one attached hydrogen (secondary N) is 2. The van der Waals surface area contributed by atoms with Crippen LogP contribution in [0.2, 0.25) is 0 Å². The van der Waals surface area contributed by atoms with Gasteiger partial charge in [0, 0.05) is 12.6 Å². The second-order valence-corrected chi connectivity index (χ2v) is 5.75. The lowest BCUT2D eigenvalue weighted by Crippen LogP contribution is -2.43. The van der Waals surface area contributed by atoms with Crippen LogP contribution in [0.4, 0.5) is 8.78 Å². The Bertz CT molecular complexity index is 491. The first-order valence-corrected chi connectivity index (χ1v) is 6.90. The Morgan fingerprint density at radius 1 is 1.33 bits per heavy atom. The minimum Gasteiger partial charge on any atom is -0.355 e. The predicted octanol–water partition coefficient (Wildman–Crippen LogP) is 2.44. The topological polar surface area (TPSA) is 41.1 Å². The number of halogens is 3. The number of amides is 1. The van der Waals surface area contributed by atoms with E-state index >= 15 is 0 Å². The number of piperidine rings is 1. The highest BCUT2D eigenvalue weighted by Gasteiger charge is 2.27. The van der Waals surface area contributed by atoms with Crippen molar-refractivity contribution in [3.05, 3.63) is 35.4 Å². The van der Waals surface area contributed by atoms with Gasteiger partial charge in [-0.2, -0.15) is 0 Å². The summed E-state index contributed by atoms with van der Waals surface area (Å²) in [4.78, 5) is 11.8. The number of rotatable bonds is 4. The van der Waals surface area contributed by atoms with Crippen LogP contribution in [0.1, 0.15) is 25.3 Å². The van der Waals surface area contributed by atoms with Gasteiger partial charge in [0.25, 0.3) is 0 Å². The Hall–Kier alpha value is -1.20. The van der Waals surface area contributed by atoms with Crippen molar-refractivity contribution in [2.45, 2.75) is 26.2 Å². The standard InChI is InChI=1S/C15H20F2N2O.ClH/c1-15(4-6-18-7-5-15)10-19-14(20)8-11-2-3-12(16)9-13(11)17;/h2-3,9,18H,4-8,10H2,1H3,(H,19,20);1H. The summed E-state index contributed by atoms with van der Waals surface area (Å²) < 4.78 is 26.2. The van der Waals surface area contributed by atoms with Crippen LogP contribution < -0.4 is 10.6 Å². The van der Waals surface area contributed by atoms with Crippen LogP contribution in [0.25, 0.3) is 0 Å². The van der Waals surface area contributed by atoms with Crippen LogP contribution in [0.3, 0.4) is 0 Å². The Kier molecular flexibility index (Phi) is 6.55. The van der Waals surface area contributed by atoms with Gasteiger partial charge in [0.05, 0.1) is 6.42 Å². The third-order valence-corrected chi connectivity index (χ3v) is 3.89. The van der Waals surface area contributed by atoms with Gasteiger partial charge in [-0.05, 0) is 43.0 Å². The SMILES string of the molecule is CC1(CNC(=O)Cc2ccc(F)cc2F)CCNCC1.Cl. The van der Waals surface area contributed by atoms with E-state index in [4.69, 9.17) is 0 Å². The molecule has 6 heteroatoms. The summed E-state index contributed by atoms with van der Waals surface area (Å²) in [5.74, 6) is -1.53. The van der Waals surface area contributed by atoms with Crippen molar-refractivity contribution < 1.29 is 13.6 Å². The summed E-state index contributed by atoms with van der Waals surface area (Å²) in [5.41, 5.74) is 0.321. The molecule has 0 spiro atoms. The third kappa shape index (κ3) is 5.25. The zero-order chi connectivity index (χ0) is 14.6. The van der Waals surface area contributed by atoms with Gasteiger partial charge in [-0.25, -0.2) is 8.78 Å². The van der Waals surface area contributed by atoms with E-state index in [1.807, 2.05) is 0 Å².